The summed E-state index contributed by atoms with van der Waals surface area (Å²) in [7, 11) is 4.05. The van der Waals surface area contributed by atoms with Crippen LogP contribution in [0.1, 0.15) is 11.9 Å². The number of aromatic nitrogens is 2. The molecule has 1 aliphatic rings. The highest BCUT2D eigenvalue weighted by Crippen LogP contribution is 2.22. The van der Waals surface area contributed by atoms with Gasteiger partial charge in [-0.1, -0.05) is 18.2 Å². The Kier molecular flexibility index (Phi) is 4.62. The van der Waals surface area contributed by atoms with E-state index in [1.54, 1.807) is 6.20 Å². The standard InChI is InChI=1S/C17H22N4O2/c1-19-10-11-21(12-15(19)17-18-8-9-20(17)2)16(22)13-23-14-6-4-3-5-7-14/h3-9,15H,10-13H2,1-2H3/t15-/m0/s1. The molecule has 0 radical (unpaired) electrons. The van der Waals surface area contributed by atoms with Crippen molar-refractivity contribution in [2.24, 2.45) is 7.05 Å². The van der Waals surface area contributed by atoms with Gasteiger partial charge in [-0.3, -0.25) is 9.69 Å². The second-order valence-electron chi connectivity index (χ2n) is 5.83. The molecule has 1 fully saturated rings. The minimum atomic E-state index is 0.0150. The SMILES string of the molecule is CN1CCN(C(=O)COc2ccccc2)C[C@H]1c1nccn1C. The molecule has 1 aliphatic heterocycles. The Hall–Kier alpha value is -2.34. The van der Waals surface area contributed by atoms with Gasteiger partial charge in [-0.2, -0.15) is 0 Å². The monoisotopic (exact) mass is 314 g/mol. The summed E-state index contributed by atoms with van der Waals surface area (Å²) in [5, 5.41) is 0. The smallest absolute Gasteiger partial charge is 0.260 e. The van der Waals surface area contributed by atoms with E-state index in [1.165, 1.54) is 0 Å². The summed E-state index contributed by atoms with van der Waals surface area (Å²) in [6, 6.07) is 9.54. The number of likely N-dealkylation sites (N-methyl/N-ethyl adjacent to an activating group) is 1. The number of piperazine rings is 1. The Labute approximate surface area is 136 Å². The predicted octanol–water partition coefficient (Wildman–Crippen LogP) is 1.31. The van der Waals surface area contributed by atoms with Crippen LogP contribution in [-0.4, -0.2) is 58.5 Å². The summed E-state index contributed by atoms with van der Waals surface area (Å²) in [6.07, 6.45) is 3.73. The van der Waals surface area contributed by atoms with Gasteiger partial charge >= 0.3 is 0 Å². The van der Waals surface area contributed by atoms with E-state index in [0.29, 0.717) is 13.1 Å². The van der Waals surface area contributed by atoms with E-state index < -0.39 is 0 Å². The minimum Gasteiger partial charge on any atom is -0.484 e. The fourth-order valence-electron chi connectivity index (χ4n) is 2.83. The van der Waals surface area contributed by atoms with Gasteiger partial charge in [-0.25, -0.2) is 4.98 Å². The van der Waals surface area contributed by atoms with Crippen LogP contribution in [-0.2, 0) is 11.8 Å². The molecule has 6 nitrogen and oxygen atoms in total. The number of imidazole rings is 1. The van der Waals surface area contributed by atoms with Crippen molar-refractivity contribution in [3.63, 3.8) is 0 Å². The van der Waals surface area contributed by atoms with E-state index in [0.717, 1.165) is 18.1 Å². The Morgan fingerprint density at radius 3 is 2.74 bits per heavy atom. The van der Waals surface area contributed by atoms with Gasteiger partial charge in [0.2, 0.25) is 0 Å². The number of para-hydroxylation sites is 1. The third kappa shape index (κ3) is 3.53. The number of nitrogens with zero attached hydrogens (tertiary/aromatic N) is 4. The van der Waals surface area contributed by atoms with Crippen LogP contribution in [0, 0.1) is 0 Å². The van der Waals surface area contributed by atoms with E-state index in [1.807, 2.05) is 53.0 Å². The van der Waals surface area contributed by atoms with Gasteiger partial charge in [-0.15, -0.1) is 0 Å². The topological polar surface area (TPSA) is 50.6 Å². The van der Waals surface area contributed by atoms with Crippen LogP contribution < -0.4 is 4.74 Å². The third-order valence-corrected chi connectivity index (χ3v) is 4.26. The van der Waals surface area contributed by atoms with Gasteiger partial charge in [0.25, 0.3) is 5.91 Å². The lowest BCUT2D eigenvalue weighted by atomic mass is 10.1. The Morgan fingerprint density at radius 1 is 1.26 bits per heavy atom. The highest BCUT2D eigenvalue weighted by molar-refractivity contribution is 5.78. The number of ether oxygens (including phenoxy) is 1. The quantitative estimate of drug-likeness (QED) is 0.854. The van der Waals surface area contributed by atoms with Crippen molar-refractivity contribution >= 4 is 5.91 Å². The molecule has 0 bridgehead atoms. The fourth-order valence-corrected chi connectivity index (χ4v) is 2.83. The number of hydrogen-bond acceptors (Lipinski definition) is 4. The highest BCUT2D eigenvalue weighted by atomic mass is 16.5. The molecule has 0 spiro atoms. The van der Waals surface area contributed by atoms with Crippen LogP contribution in [0.5, 0.6) is 5.75 Å². The largest absolute Gasteiger partial charge is 0.484 e. The van der Waals surface area contributed by atoms with Crippen molar-refractivity contribution in [3.8, 4) is 5.75 Å². The van der Waals surface area contributed by atoms with Crippen LogP contribution in [0.2, 0.25) is 0 Å². The molecule has 1 saturated heterocycles. The molecule has 2 aromatic rings. The van der Waals surface area contributed by atoms with Crippen LogP contribution in [0.15, 0.2) is 42.7 Å². The molecular weight excluding hydrogens is 292 g/mol. The van der Waals surface area contributed by atoms with Crippen molar-refractivity contribution in [1.29, 1.82) is 0 Å². The maximum Gasteiger partial charge on any atom is 0.260 e. The first-order valence-corrected chi connectivity index (χ1v) is 7.78. The first kappa shape index (κ1) is 15.6. The molecule has 1 atom stereocenters. The number of carbonyl (C=O) groups excluding carboxylic acids is 1. The van der Waals surface area contributed by atoms with Gasteiger partial charge in [0.1, 0.15) is 11.6 Å². The Morgan fingerprint density at radius 2 is 2.04 bits per heavy atom. The molecule has 0 unspecified atom stereocenters. The molecule has 0 aliphatic carbocycles. The molecule has 2 heterocycles. The normalized spacial score (nSPS) is 18.9. The molecule has 122 valence electrons. The van der Waals surface area contributed by atoms with E-state index >= 15 is 0 Å². The molecule has 6 heteroatoms. The summed E-state index contributed by atoms with van der Waals surface area (Å²) in [6.45, 7) is 2.25. The zero-order chi connectivity index (χ0) is 16.2. The second kappa shape index (κ2) is 6.83. The highest BCUT2D eigenvalue weighted by Gasteiger charge is 2.30. The summed E-state index contributed by atoms with van der Waals surface area (Å²) in [5.74, 6) is 1.71. The average molecular weight is 314 g/mol. The summed E-state index contributed by atoms with van der Waals surface area (Å²) < 4.78 is 7.58. The summed E-state index contributed by atoms with van der Waals surface area (Å²) in [5.41, 5.74) is 0. The molecule has 1 amide bonds. The summed E-state index contributed by atoms with van der Waals surface area (Å²) >= 11 is 0. The van der Waals surface area contributed by atoms with Crippen molar-refractivity contribution in [3.05, 3.63) is 48.5 Å². The van der Waals surface area contributed by atoms with E-state index in [9.17, 15) is 4.79 Å². The molecule has 0 saturated carbocycles. The minimum absolute atomic E-state index is 0.0150. The molecule has 1 aromatic carbocycles. The van der Waals surface area contributed by atoms with Gasteiger partial charge in [0.05, 0.1) is 6.04 Å². The molecule has 3 rings (SSSR count). The van der Waals surface area contributed by atoms with Gasteiger partial charge in [-0.05, 0) is 19.2 Å². The second-order valence-corrected chi connectivity index (χ2v) is 5.83. The third-order valence-electron chi connectivity index (χ3n) is 4.26. The number of carbonyl (C=O) groups is 1. The number of rotatable bonds is 4. The van der Waals surface area contributed by atoms with Gasteiger partial charge in [0, 0.05) is 39.1 Å². The Balaban J connectivity index is 1.62. The number of hydrogen-bond donors (Lipinski definition) is 0. The fraction of sp³-hybridized carbons (Fsp3) is 0.412. The molecular formula is C17H22N4O2. The number of amides is 1. The lowest BCUT2D eigenvalue weighted by molar-refractivity contribution is -0.136. The van der Waals surface area contributed by atoms with Crippen molar-refractivity contribution in [1.82, 2.24) is 19.4 Å². The molecule has 0 N–H and O–H groups in total. The Bertz CT molecular complexity index is 656. The lowest BCUT2D eigenvalue weighted by Crippen LogP contribution is -2.50. The molecule has 1 aromatic heterocycles. The predicted molar refractivity (Wildman–Crippen MR) is 87.1 cm³/mol. The van der Waals surface area contributed by atoms with Crippen molar-refractivity contribution < 1.29 is 9.53 Å². The first-order chi connectivity index (χ1) is 11.1. The first-order valence-electron chi connectivity index (χ1n) is 7.78. The van der Waals surface area contributed by atoms with E-state index in [-0.39, 0.29) is 18.6 Å². The number of aryl methyl sites for hydroxylation is 1. The zero-order valence-corrected chi connectivity index (χ0v) is 13.6. The van der Waals surface area contributed by atoms with Crippen LogP contribution in [0.3, 0.4) is 0 Å². The summed E-state index contributed by atoms with van der Waals surface area (Å²) in [4.78, 5) is 21.0. The lowest BCUT2D eigenvalue weighted by Gasteiger charge is -2.38. The van der Waals surface area contributed by atoms with E-state index in [4.69, 9.17) is 4.74 Å². The van der Waals surface area contributed by atoms with Crippen molar-refractivity contribution in [2.45, 2.75) is 6.04 Å². The van der Waals surface area contributed by atoms with Crippen LogP contribution >= 0.6 is 0 Å². The van der Waals surface area contributed by atoms with Gasteiger partial charge in [0.15, 0.2) is 6.61 Å². The van der Waals surface area contributed by atoms with Crippen LogP contribution in [0.25, 0.3) is 0 Å². The van der Waals surface area contributed by atoms with Crippen LogP contribution in [0.4, 0.5) is 0 Å². The average Bonchev–Trinajstić information content (AvgIpc) is 3.00. The maximum atomic E-state index is 12.4. The number of benzene rings is 1. The van der Waals surface area contributed by atoms with Gasteiger partial charge < -0.3 is 14.2 Å². The zero-order valence-electron chi connectivity index (χ0n) is 13.6. The molecule has 23 heavy (non-hydrogen) atoms. The maximum absolute atomic E-state index is 12.4. The van der Waals surface area contributed by atoms with Crippen molar-refractivity contribution in [2.75, 3.05) is 33.3 Å². The van der Waals surface area contributed by atoms with E-state index in [2.05, 4.69) is 16.9 Å².